The van der Waals surface area contributed by atoms with Gasteiger partial charge in [0.1, 0.15) is 29.4 Å². The molecule has 56 heavy (non-hydrogen) atoms. The van der Waals surface area contributed by atoms with Gasteiger partial charge in [-0.25, -0.2) is 14.0 Å². The second-order valence-electron chi connectivity index (χ2n) is 11.1. The van der Waals surface area contributed by atoms with Crippen molar-refractivity contribution in [2.45, 2.75) is 0 Å². The first-order chi connectivity index (χ1) is 25.5. The fourth-order valence-electron chi connectivity index (χ4n) is 5.23. The van der Waals surface area contributed by atoms with E-state index in [1.165, 1.54) is 45.8 Å². The van der Waals surface area contributed by atoms with Crippen LogP contribution in [0.2, 0.25) is 0 Å². The summed E-state index contributed by atoms with van der Waals surface area (Å²) in [4.78, 5) is 23.7. The van der Waals surface area contributed by atoms with Crippen molar-refractivity contribution in [1.82, 2.24) is 0 Å². The van der Waals surface area contributed by atoms with Gasteiger partial charge in [-0.15, -0.1) is 27.4 Å². The molecule has 3 fully saturated rings. The van der Waals surface area contributed by atoms with Crippen LogP contribution in [0.3, 0.4) is 0 Å². The molecule has 2 bridgehead atoms. The fraction of sp³-hybridized carbons (Fsp3) is 0.419. The molecule has 5 heterocycles. The number of fused-ring (bicyclic) bond motifs is 5. The highest BCUT2D eigenvalue weighted by Crippen LogP contribution is 2.40. The largest absolute Gasteiger partial charge is 1.00 e. The Hall–Kier alpha value is -3.86. The molecular formula is C31H37B2ClF10N2O8S2. The number of hydrogen-bond acceptors (Lipinski definition) is 10. The van der Waals surface area contributed by atoms with Crippen molar-refractivity contribution >= 4 is 81.5 Å². The summed E-state index contributed by atoms with van der Waals surface area (Å²) in [5.41, 5.74) is 0. The molecule has 314 valence electrons. The highest BCUT2D eigenvalue weighted by atomic mass is 35.5. The molecule has 0 amide bonds. The van der Waals surface area contributed by atoms with E-state index < -0.39 is 26.9 Å². The first kappa shape index (κ1) is 52.1. The predicted molar refractivity (Wildman–Crippen MR) is 192 cm³/mol. The van der Waals surface area contributed by atoms with E-state index in [-0.39, 0.29) is 25.8 Å². The number of ether oxygens (including phenoxy) is 6. The van der Waals surface area contributed by atoms with Gasteiger partial charge in [0, 0.05) is 26.9 Å². The lowest BCUT2D eigenvalue weighted by atomic mass is 10.2. The monoisotopic (exact) mass is 876 g/mol. The van der Waals surface area contributed by atoms with Gasteiger partial charge in [-0.3, -0.25) is 30.4 Å². The summed E-state index contributed by atoms with van der Waals surface area (Å²) in [5.74, 6) is 0.253. The number of thiophene rings is 2. The molecule has 0 saturated carbocycles. The lowest BCUT2D eigenvalue weighted by molar-refractivity contribution is -1.15. The number of quaternary nitrogens is 2. The smallest absolute Gasteiger partial charge is 0.762 e. The quantitative estimate of drug-likeness (QED) is 0.0531. The Morgan fingerprint density at radius 3 is 1.48 bits per heavy atom. The van der Waals surface area contributed by atoms with Crippen LogP contribution in [0.1, 0.15) is 19.3 Å². The first-order valence-corrected chi connectivity index (χ1v) is 17.6. The number of alkyl halides is 1. The standard InChI is InChI=1S/C12H11FO4S.C12H12O4S.C7H14ClFN2.2BF3.2FH/c1-15-7-5-8-6(10(13)11(7)16-2)4-9(18-8)12(14)17-3;1-14-8-4-7-5-11(12(13)16-3)17-10(7)6-9(8)15-2;8-7-10-1-4-11(9,5-2-10)6-3-10;2*2-1(3)4;;/h4-5H,1-3H3;4-6H,1-3H3;1-7H2;;;2*1H/q;;+2;;;;/p-2. The van der Waals surface area contributed by atoms with Crippen molar-refractivity contribution in [2.24, 2.45) is 0 Å². The Balaban J connectivity index is 0.000000739. The summed E-state index contributed by atoms with van der Waals surface area (Å²) < 4.78 is 118. The van der Waals surface area contributed by atoms with E-state index in [0.717, 1.165) is 45.5 Å². The van der Waals surface area contributed by atoms with Gasteiger partial charge in [0.2, 0.25) is 0 Å². The van der Waals surface area contributed by atoms with Gasteiger partial charge >= 0.3 is 27.0 Å². The highest BCUT2D eigenvalue weighted by molar-refractivity contribution is 7.21. The molecule has 0 aliphatic carbocycles. The summed E-state index contributed by atoms with van der Waals surface area (Å²) in [6.07, 6.45) is 0. The minimum Gasteiger partial charge on any atom is -1.00 e. The number of nitrogens with zero attached hydrogens (tertiary/aromatic N) is 2. The van der Waals surface area contributed by atoms with Gasteiger partial charge in [-0.1, -0.05) is 11.6 Å². The third-order valence-corrected chi connectivity index (χ3v) is 10.7. The topological polar surface area (TPSA) is 89.5 Å². The van der Waals surface area contributed by atoms with E-state index in [4.69, 9.17) is 30.5 Å². The number of halogens is 11. The Kier molecular flexibility index (Phi) is 22.4. The van der Waals surface area contributed by atoms with E-state index in [9.17, 15) is 44.4 Å². The molecule has 25 heteroatoms. The summed E-state index contributed by atoms with van der Waals surface area (Å²) in [6, 6.07) is 9.23. The Bertz CT molecular complexity index is 1770. The summed E-state index contributed by atoms with van der Waals surface area (Å²) in [7, 11) is 1.27. The lowest BCUT2D eigenvalue weighted by Gasteiger charge is -2.48. The van der Waals surface area contributed by atoms with E-state index in [1.807, 2.05) is 12.1 Å². The molecule has 0 radical (unpaired) electrons. The molecule has 0 N–H and O–H groups in total. The normalized spacial score (nSPS) is 17.2. The SMILES string of the molecule is COC(=O)c1cc2c(F)c(OC)c(OC)cc2s1.COC(=O)c1cc2cc(OC)c(OC)cc2s1.FB(F)F.FB(F)F.F[N+]12CC[N+](CCl)(CC1)CC2.[F-].[F-]. The van der Waals surface area contributed by atoms with Crippen LogP contribution in [0.4, 0.5) is 34.8 Å². The molecule has 0 unspecified atom stereocenters. The van der Waals surface area contributed by atoms with Gasteiger partial charge < -0.3 is 37.8 Å². The van der Waals surface area contributed by atoms with Crippen LogP contribution in [0, 0.1) is 5.82 Å². The number of carbonyl (C=O) groups excluding carboxylic acids is 2. The molecule has 0 atom stereocenters. The molecule has 2 aromatic carbocycles. The van der Waals surface area contributed by atoms with Gasteiger partial charge in [-0.2, -0.15) is 0 Å². The van der Waals surface area contributed by atoms with Gasteiger partial charge in [0.15, 0.2) is 54.5 Å². The number of rotatable bonds is 7. The van der Waals surface area contributed by atoms with Crippen molar-refractivity contribution in [3.8, 4) is 23.0 Å². The van der Waals surface area contributed by atoms with Crippen molar-refractivity contribution in [2.75, 3.05) is 87.9 Å². The summed E-state index contributed by atoms with van der Waals surface area (Å²) in [5, 5.41) is 1.26. The predicted octanol–water partition coefficient (Wildman–Crippen LogP) is 2.04. The number of hydrogen-bond donors (Lipinski definition) is 0. The molecule has 2 aromatic heterocycles. The van der Waals surface area contributed by atoms with E-state index in [0.29, 0.717) is 62.7 Å². The number of methoxy groups -OCH3 is 6. The molecule has 3 aliphatic heterocycles. The maximum Gasteiger partial charge on any atom is 0.762 e. The van der Waals surface area contributed by atoms with Crippen LogP contribution in [0.5, 0.6) is 23.0 Å². The Morgan fingerprint density at radius 1 is 0.661 bits per heavy atom. The fourth-order valence-corrected chi connectivity index (χ4v) is 7.59. The molecular weight excluding hydrogens is 840 g/mol. The number of esters is 2. The van der Waals surface area contributed by atoms with Gasteiger partial charge in [-0.05, 0) is 28.1 Å². The van der Waals surface area contributed by atoms with Crippen molar-refractivity contribution in [3.05, 3.63) is 45.9 Å². The van der Waals surface area contributed by atoms with Gasteiger partial charge in [0.05, 0.1) is 42.7 Å². The second kappa shape index (κ2) is 24.0. The Morgan fingerprint density at radius 2 is 1.07 bits per heavy atom. The molecule has 7 rings (SSSR count). The minimum atomic E-state index is -3.67. The summed E-state index contributed by atoms with van der Waals surface area (Å²) in [6.45, 7) is 4.81. The van der Waals surface area contributed by atoms with Crippen LogP contribution < -0.4 is 28.4 Å². The average Bonchev–Trinajstić information content (AvgIpc) is 3.78. The van der Waals surface area contributed by atoms with Crippen molar-refractivity contribution in [3.63, 3.8) is 0 Å². The molecule has 10 nitrogen and oxygen atoms in total. The second-order valence-corrected chi connectivity index (χ2v) is 13.5. The zero-order valence-electron chi connectivity index (χ0n) is 30.6. The average molecular weight is 877 g/mol. The number of benzene rings is 2. The van der Waals surface area contributed by atoms with Crippen LogP contribution in [0.15, 0.2) is 30.3 Å². The third kappa shape index (κ3) is 14.3. The van der Waals surface area contributed by atoms with E-state index in [2.05, 4.69) is 9.47 Å². The third-order valence-electron chi connectivity index (χ3n) is 8.08. The lowest BCUT2D eigenvalue weighted by Crippen LogP contribution is -3.00. The molecule has 0 spiro atoms. The van der Waals surface area contributed by atoms with E-state index >= 15 is 0 Å². The first-order valence-electron chi connectivity index (χ1n) is 15.4. The summed E-state index contributed by atoms with van der Waals surface area (Å²) >= 11 is 8.36. The number of piperazine rings is 3. The molecule has 3 saturated heterocycles. The number of carbonyl (C=O) groups is 2. The zero-order valence-corrected chi connectivity index (χ0v) is 33.0. The van der Waals surface area contributed by atoms with Crippen LogP contribution >= 0.6 is 34.3 Å². The maximum absolute atomic E-state index is 14.1. The Labute approximate surface area is 329 Å². The maximum atomic E-state index is 14.1. The zero-order chi connectivity index (χ0) is 40.8. The highest BCUT2D eigenvalue weighted by Gasteiger charge is 2.50. The minimum absolute atomic E-state index is 0. The van der Waals surface area contributed by atoms with Gasteiger partial charge in [0.25, 0.3) is 0 Å². The van der Waals surface area contributed by atoms with Crippen LogP contribution in [-0.2, 0) is 9.47 Å². The van der Waals surface area contributed by atoms with Crippen molar-refractivity contribution < 1.29 is 91.4 Å². The molecule has 3 aliphatic rings. The van der Waals surface area contributed by atoms with E-state index in [1.54, 1.807) is 26.4 Å². The molecule has 4 aromatic rings. The van der Waals surface area contributed by atoms with Crippen LogP contribution in [0.25, 0.3) is 20.2 Å². The van der Waals surface area contributed by atoms with Crippen LogP contribution in [-0.4, -0.2) is 124 Å². The van der Waals surface area contributed by atoms with Crippen molar-refractivity contribution in [1.29, 1.82) is 0 Å².